The van der Waals surface area contributed by atoms with Gasteiger partial charge in [0.25, 0.3) is 0 Å². The summed E-state index contributed by atoms with van der Waals surface area (Å²) in [5.41, 5.74) is 1.64. The number of nitrogens with one attached hydrogen (secondary N) is 2. The lowest BCUT2D eigenvalue weighted by molar-refractivity contribution is -0.116. The summed E-state index contributed by atoms with van der Waals surface area (Å²) in [5.74, 6) is 0.711. The molecule has 0 radical (unpaired) electrons. The molecular formula is C3H2N4O4S. The van der Waals surface area contributed by atoms with Crippen LogP contribution >= 0.6 is 0 Å². The van der Waals surface area contributed by atoms with E-state index in [-0.39, 0.29) is 5.70 Å². The second-order valence-electron chi connectivity index (χ2n) is 1.33. The van der Waals surface area contributed by atoms with E-state index in [4.69, 9.17) is 13.2 Å². The zero-order valence-electron chi connectivity index (χ0n) is 5.44. The van der Waals surface area contributed by atoms with Crippen molar-refractivity contribution < 1.29 is 18.0 Å². The minimum atomic E-state index is -2.61. The fourth-order valence-electron chi connectivity index (χ4n) is 0.286. The largest absolute Gasteiger partial charge is 0.308 e. The molecule has 0 saturated carbocycles. The van der Waals surface area contributed by atoms with Crippen LogP contribution in [0.4, 0.5) is 0 Å². The van der Waals surface area contributed by atoms with Crippen LogP contribution in [-0.2, 0) is 20.1 Å². The predicted molar refractivity (Wildman–Crippen MR) is 33.8 cm³/mol. The van der Waals surface area contributed by atoms with E-state index in [1.165, 1.54) is 5.94 Å². The molecule has 0 aromatic carbocycles. The Morgan fingerprint density at radius 1 is 1.50 bits per heavy atom. The Morgan fingerprint density at radius 2 is 2.00 bits per heavy atom. The highest BCUT2D eigenvalue weighted by atomic mass is 32.2. The van der Waals surface area contributed by atoms with Crippen LogP contribution in [0.1, 0.15) is 0 Å². The van der Waals surface area contributed by atoms with E-state index >= 15 is 0 Å². The molecular weight excluding hydrogens is 188 g/mol. The quantitative estimate of drug-likeness (QED) is 0.368. The lowest BCUT2D eigenvalue weighted by Gasteiger charge is -1.75. The number of amides is 1. The van der Waals surface area contributed by atoms with Gasteiger partial charge in [0, 0.05) is 0 Å². The van der Waals surface area contributed by atoms with Gasteiger partial charge < -0.3 is 0 Å². The molecule has 1 rings (SSSR count). The van der Waals surface area contributed by atoms with Gasteiger partial charge in [-0.1, -0.05) is 5.22 Å². The van der Waals surface area contributed by atoms with Crippen LogP contribution in [0, 0.1) is 4.78 Å². The highest BCUT2D eigenvalue weighted by molar-refractivity contribution is 7.60. The molecule has 0 bridgehead atoms. The Labute approximate surface area is 67.5 Å². The maximum Gasteiger partial charge on any atom is 0.308 e. The van der Waals surface area contributed by atoms with E-state index in [2.05, 4.69) is 10.3 Å². The third kappa shape index (κ3) is 4.04. The van der Waals surface area contributed by atoms with E-state index in [0.717, 1.165) is 0 Å². The van der Waals surface area contributed by atoms with Crippen LogP contribution in [0.2, 0.25) is 0 Å². The van der Waals surface area contributed by atoms with Crippen molar-refractivity contribution in [2.75, 3.05) is 0 Å². The SMILES string of the molecule is N=S(=O)=O.O=C=C1N=NNC1=O. The van der Waals surface area contributed by atoms with Crippen LogP contribution in [0.5, 0.6) is 0 Å². The third-order valence-electron chi connectivity index (χ3n) is 0.613. The molecule has 0 saturated heterocycles. The van der Waals surface area contributed by atoms with E-state index in [1.54, 1.807) is 0 Å². The number of carbonyl (C=O) groups is 1. The lowest BCUT2D eigenvalue weighted by atomic mass is 10.5. The average Bonchev–Trinajstić information content (AvgIpc) is 2.33. The molecule has 9 heteroatoms. The van der Waals surface area contributed by atoms with Gasteiger partial charge in [-0.05, 0) is 0 Å². The van der Waals surface area contributed by atoms with Crippen LogP contribution in [0.3, 0.4) is 0 Å². The molecule has 1 aliphatic heterocycles. The Morgan fingerprint density at radius 3 is 2.17 bits per heavy atom. The predicted octanol–water partition coefficient (Wildman–Crippen LogP) is -1.17. The standard InChI is InChI=1S/C3HN3O2.HNO2S/c7-1-2-3(8)5-6-4-2;1-4(2)3/h(H,4,5,8);1H. The fraction of sp³-hybridized carbons (Fsp3) is 0. The van der Waals surface area contributed by atoms with Crippen LogP contribution in [-0.4, -0.2) is 20.3 Å². The first kappa shape index (κ1) is 10.1. The van der Waals surface area contributed by atoms with E-state index in [1.807, 2.05) is 5.43 Å². The van der Waals surface area contributed by atoms with Gasteiger partial charge in [0.2, 0.25) is 5.70 Å². The Hall–Kier alpha value is -1.86. The van der Waals surface area contributed by atoms with Gasteiger partial charge in [-0.15, -0.1) is 5.11 Å². The maximum absolute atomic E-state index is 10.2. The van der Waals surface area contributed by atoms with Gasteiger partial charge in [0.15, 0.2) is 5.94 Å². The van der Waals surface area contributed by atoms with Crippen molar-refractivity contribution in [3.8, 4) is 0 Å². The first-order valence-corrected chi connectivity index (χ1v) is 3.42. The molecule has 1 amide bonds. The average molecular weight is 190 g/mol. The van der Waals surface area contributed by atoms with Crippen molar-refractivity contribution >= 4 is 22.3 Å². The molecule has 1 aliphatic rings. The molecule has 1 heterocycles. The summed E-state index contributed by atoms with van der Waals surface area (Å²) in [6.45, 7) is 0. The van der Waals surface area contributed by atoms with Gasteiger partial charge in [0.1, 0.15) is 0 Å². The molecule has 0 spiro atoms. The van der Waals surface area contributed by atoms with E-state index in [9.17, 15) is 9.59 Å². The number of hydrogen-bond acceptors (Lipinski definition) is 7. The monoisotopic (exact) mass is 190 g/mol. The molecule has 0 aromatic heterocycles. The van der Waals surface area contributed by atoms with Gasteiger partial charge in [-0.25, -0.2) is 10.2 Å². The van der Waals surface area contributed by atoms with Crippen molar-refractivity contribution in [2.45, 2.75) is 0 Å². The molecule has 64 valence electrons. The molecule has 2 N–H and O–H groups in total. The normalized spacial score (nSPS) is 12.7. The smallest absolute Gasteiger partial charge is 0.265 e. The number of rotatable bonds is 0. The van der Waals surface area contributed by atoms with E-state index in [0.29, 0.717) is 0 Å². The number of hydrogen-bond donors (Lipinski definition) is 2. The van der Waals surface area contributed by atoms with Crippen molar-refractivity contribution in [3.05, 3.63) is 5.70 Å². The molecule has 0 atom stereocenters. The summed E-state index contributed by atoms with van der Waals surface area (Å²) in [5, 5.41) is 6.14. The molecule has 0 unspecified atom stereocenters. The molecule has 12 heavy (non-hydrogen) atoms. The summed E-state index contributed by atoms with van der Waals surface area (Å²) in [4.78, 5) is 19.8. The maximum atomic E-state index is 10.2. The molecule has 8 nitrogen and oxygen atoms in total. The fourth-order valence-corrected chi connectivity index (χ4v) is 0.286. The summed E-state index contributed by atoms with van der Waals surface area (Å²) >= 11 is 0. The Balaban J connectivity index is 0.000000261. The zero-order chi connectivity index (χ0) is 9.56. The second kappa shape index (κ2) is 4.88. The molecule has 0 aromatic rings. The van der Waals surface area contributed by atoms with Gasteiger partial charge in [-0.2, -0.15) is 13.2 Å². The summed E-state index contributed by atoms with van der Waals surface area (Å²) in [6.07, 6.45) is 0. The van der Waals surface area contributed by atoms with Crippen LogP contribution < -0.4 is 5.43 Å². The third-order valence-corrected chi connectivity index (χ3v) is 0.613. The summed E-state index contributed by atoms with van der Waals surface area (Å²) < 4.78 is 22.8. The topological polar surface area (TPSA) is 129 Å². The van der Waals surface area contributed by atoms with Gasteiger partial charge in [-0.3, -0.25) is 4.79 Å². The first-order valence-electron chi connectivity index (χ1n) is 2.34. The zero-order valence-corrected chi connectivity index (χ0v) is 6.25. The molecule has 0 fully saturated rings. The van der Waals surface area contributed by atoms with Crippen LogP contribution in [0.25, 0.3) is 0 Å². The highest BCUT2D eigenvalue weighted by Crippen LogP contribution is 1.96. The van der Waals surface area contributed by atoms with Gasteiger partial charge in [0.05, 0.1) is 0 Å². The summed E-state index contributed by atoms with van der Waals surface area (Å²) in [7, 11) is -2.61. The second-order valence-corrected chi connectivity index (χ2v) is 1.80. The molecule has 0 aliphatic carbocycles. The number of nitrogens with zero attached hydrogens (tertiary/aromatic N) is 2. The number of carbonyl (C=O) groups excluding carboxylic acids is 2. The van der Waals surface area contributed by atoms with Gasteiger partial charge >= 0.3 is 16.4 Å². The lowest BCUT2D eigenvalue weighted by Crippen LogP contribution is -2.11. The Bertz CT molecular complexity index is 353. The van der Waals surface area contributed by atoms with Crippen molar-refractivity contribution in [3.63, 3.8) is 0 Å². The van der Waals surface area contributed by atoms with Crippen molar-refractivity contribution in [1.29, 1.82) is 4.78 Å². The minimum Gasteiger partial charge on any atom is -0.265 e. The first-order chi connectivity index (χ1) is 5.57. The van der Waals surface area contributed by atoms with Crippen molar-refractivity contribution in [2.24, 2.45) is 10.3 Å². The summed E-state index contributed by atoms with van der Waals surface area (Å²) in [6, 6.07) is 0. The van der Waals surface area contributed by atoms with Crippen LogP contribution in [0.15, 0.2) is 16.0 Å². The Kier molecular flexibility index (Phi) is 4.12. The highest BCUT2D eigenvalue weighted by Gasteiger charge is 2.13. The van der Waals surface area contributed by atoms with E-state index < -0.39 is 16.4 Å². The van der Waals surface area contributed by atoms with Crippen molar-refractivity contribution in [1.82, 2.24) is 5.43 Å². The minimum absolute atomic E-state index is 0.301.